The van der Waals surface area contributed by atoms with E-state index in [1.165, 1.54) is 13.1 Å². The fourth-order valence-electron chi connectivity index (χ4n) is 2.68. The van der Waals surface area contributed by atoms with Gasteiger partial charge in [0.15, 0.2) is 0 Å². The lowest BCUT2D eigenvalue weighted by molar-refractivity contribution is -0.136. The molecule has 0 aromatic heterocycles. The van der Waals surface area contributed by atoms with Gasteiger partial charge in [0.05, 0.1) is 16.8 Å². The second-order valence-corrected chi connectivity index (χ2v) is 5.07. The highest BCUT2D eigenvalue weighted by Crippen LogP contribution is 2.30. The average molecular weight is 335 g/mol. The van der Waals surface area contributed by atoms with E-state index in [4.69, 9.17) is 0 Å². The number of carbonyl (C=O) groups is 4. The van der Waals surface area contributed by atoms with Gasteiger partial charge in [0.2, 0.25) is 11.8 Å². The Kier molecular flexibility index (Phi) is 4.96. The van der Waals surface area contributed by atoms with Gasteiger partial charge in [-0.25, -0.2) is 4.39 Å². The molecule has 2 aliphatic rings. The first-order valence-corrected chi connectivity index (χ1v) is 7.67. The van der Waals surface area contributed by atoms with E-state index in [9.17, 15) is 23.6 Å². The molecule has 0 aliphatic carbocycles. The third-order valence-electron chi connectivity index (χ3n) is 3.80. The summed E-state index contributed by atoms with van der Waals surface area (Å²) in [6, 6.07) is 1.18. The number of carbonyl (C=O) groups excluding carboxylic acids is 4. The molecule has 1 aromatic carbocycles. The number of hydrogen-bond donors (Lipinski definition) is 2. The first kappa shape index (κ1) is 17.6. The van der Waals surface area contributed by atoms with E-state index in [0.29, 0.717) is 0 Å². The van der Waals surface area contributed by atoms with Gasteiger partial charge in [-0.3, -0.25) is 29.4 Å². The van der Waals surface area contributed by atoms with Gasteiger partial charge in [-0.15, -0.1) is 0 Å². The van der Waals surface area contributed by atoms with Crippen LogP contribution >= 0.6 is 0 Å². The van der Waals surface area contributed by atoms with Crippen LogP contribution in [0.5, 0.6) is 0 Å². The number of nitrogens with zero attached hydrogens (tertiary/aromatic N) is 1. The van der Waals surface area contributed by atoms with Gasteiger partial charge >= 0.3 is 0 Å². The number of imide groups is 2. The molecular formula is C16H18FN3O4. The molecule has 0 radical (unpaired) electrons. The average Bonchev–Trinajstić information content (AvgIpc) is 2.80. The van der Waals surface area contributed by atoms with Crippen molar-refractivity contribution in [1.82, 2.24) is 10.2 Å². The number of fused-ring (bicyclic) bond motifs is 1. The molecule has 0 bridgehead atoms. The second kappa shape index (κ2) is 6.77. The van der Waals surface area contributed by atoms with Crippen molar-refractivity contribution in [3.05, 3.63) is 29.1 Å². The van der Waals surface area contributed by atoms with Crippen molar-refractivity contribution in [1.29, 1.82) is 0 Å². The van der Waals surface area contributed by atoms with Crippen LogP contribution in [-0.4, -0.2) is 41.6 Å². The summed E-state index contributed by atoms with van der Waals surface area (Å²) in [7, 11) is 1.49. The van der Waals surface area contributed by atoms with E-state index < -0.39 is 35.5 Å². The van der Waals surface area contributed by atoms with Gasteiger partial charge in [-0.1, -0.05) is 13.8 Å². The fraction of sp³-hybridized carbons (Fsp3) is 0.375. The summed E-state index contributed by atoms with van der Waals surface area (Å²) in [5, 5.41) is 4.69. The van der Waals surface area contributed by atoms with E-state index >= 15 is 0 Å². The fourth-order valence-corrected chi connectivity index (χ4v) is 2.68. The number of nitrogens with one attached hydrogen (secondary N) is 2. The summed E-state index contributed by atoms with van der Waals surface area (Å²) in [5.41, 5.74) is 0.0525. The molecule has 24 heavy (non-hydrogen) atoms. The van der Waals surface area contributed by atoms with E-state index in [2.05, 4.69) is 10.6 Å². The number of rotatable bonds is 2. The highest BCUT2D eigenvalue weighted by molar-refractivity contribution is 6.23. The van der Waals surface area contributed by atoms with Crippen molar-refractivity contribution in [3.63, 3.8) is 0 Å². The quantitative estimate of drug-likeness (QED) is 0.794. The van der Waals surface area contributed by atoms with Crippen LogP contribution in [0.25, 0.3) is 0 Å². The lowest BCUT2D eigenvalue weighted by atomic mass is 10.0. The van der Waals surface area contributed by atoms with Crippen LogP contribution in [0.3, 0.4) is 0 Å². The predicted octanol–water partition coefficient (Wildman–Crippen LogP) is 1.29. The molecule has 2 N–H and O–H groups in total. The summed E-state index contributed by atoms with van der Waals surface area (Å²) in [6.07, 6.45) is 0.109. The molecule has 4 amide bonds. The number of piperidine rings is 1. The van der Waals surface area contributed by atoms with Crippen LogP contribution < -0.4 is 10.6 Å². The predicted molar refractivity (Wildman–Crippen MR) is 84.0 cm³/mol. The van der Waals surface area contributed by atoms with Crippen LogP contribution in [0.2, 0.25) is 0 Å². The third-order valence-corrected chi connectivity index (χ3v) is 3.80. The number of hydrogen-bond acceptors (Lipinski definition) is 5. The van der Waals surface area contributed by atoms with Crippen molar-refractivity contribution in [2.45, 2.75) is 32.7 Å². The van der Waals surface area contributed by atoms with Gasteiger partial charge in [0.25, 0.3) is 11.8 Å². The molecule has 8 heteroatoms. The first-order chi connectivity index (χ1) is 11.4. The molecule has 0 saturated carbocycles. The van der Waals surface area contributed by atoms with Crippen molar-refractivity contribution in [2.24, 2.45) is 0 Å². The lowest BCUT2D eigenvalue weighted by Crippen LogP contribution is -2.54. The number of amides is 4. The molecule has 2 aliphatic heterocycles. The zero-order valence-electron chi connectivity index (χ0n) is 13.6. The smallest absolute Gasteiger partial charge is 0.262 e. The van der Waals surface area contributed by atoms with E-state index in [1.807, 2.05) is 13.8 Å². The van der Waals surface area contributed by atoms with Gasteiger partial charge in [0.1, 0.15) is 11.9 Å². The van der Waals surface area contributed by atoms with Gasteiger partial charge in [-0.05, 0) is 18.6 Å². The Morgan fingerprint density at radius 3 is 2.25 bits per heavy atom. The summed E-state index contributed by atoms with van der Waals surface area (Å²) in [4.78, 5) is 48.6. The van der Waals surface area contributed by atoms with Crippen molar-refractivity contribution in [2.75, 3.05) is 12.4 Å². The Hall–Kier alpha value is -2.77. The molecule has 1 unspecified atom stereocenters. The van der Waals surface area contributed by atoms with Crippen LogP contribution in [-0.2, 0) is 9.59 Å². The molecule has 7 nitrogen and oxygen atoms in total. The third kappa shape index (κ3) is 2.75. The largest absolute Gasteiger partial charge is 0.386 e. The standard InChI is InChI=1S/C14H12FN3O4.C2H6/c1-16-9-5-7-6(4-8(9)15)13(21)18(14(7)22)10-2-3-11(19)17-12(10)20;1-2/h4-5,10,16H,2-3H2,1H3,(H,17,19,20);1-2H3. The monoisotopic (exact) mass is 335 g/mol. The molecule has 0 spiro atoms. The Morgan fingerprint density at radius 2 is 1.71 bits per heavy atom. The molecule has 1 aromatic rings. The summed E-state index contributed by atoms with van der Waals surface area (Å²) < 4.78 is 13.8. The molecule has 3 rings (SSSR count). The van der Waals surface area contributed by atoms with Crippen molar-refractivity contribution < 1.29 is 23.6 Å². The van der Waals surface area contributed by atoms with Crippen LogP contribution in [0.4, 0.5) is 10.1 Å². The summed E-state index contributed by atoms with van der Waals surface area (Å²) in [5.74, 6) is -3.18. The minimum absolute atomic E-state index is 0.0416. The maximum atomic E-state index is 13.8. The first-order valence-electron chi connectivity index (χ1n) is 7.67. The highest BCUT2D eigenvalue weighted by atomic mass is 19.1. The van der Waals surface area contributed by atoms with Crippen molar-refractivity contribution >= 4 is 29.3 Å². The normalized spacial score (nSPS) is 19.5. The highest BCUT2D eigenvalue weighted by Gasteiger charge is 2.45. The summed E-state index contributed by atoms with van der Waals surface area (Å²) in [6.45, 7) is 4.00. The molecule has 1 saturated heterocycles. The summed E-state index contributed by atoms with van der Waals surface area (Å²) >= 11 is 0. The molecule has 1 atom stereocenters. The number of anilines is 1. The Bertz CT molecular complexity index is 732. The molecule has 1 fully saturated rings. The SMILES string of the molecule is CC.CNc1cc2c(cc1F)C(=O)N(C1CCC(=O)NC1=O)C2=O. The lowest BCUT2D eigenvalue weighted by Gasteiger charge is -2.27. The molecular weight excluding hydrogens is 317 g/mol. The van der Waals surface area contributed by atoms with Crippen LogP contribution in [0, 0.1) is 5.82 Å². The van der Waals surface area contributed by atoms with E-state index in [1.54, 1.807) is 0 Å². The van der Waals surface area contributed by atoms with Crippen LogP contribution in [0.15, 0.2) is 12.1 Å². The molecule has 128 valence electrons. The van der Waals surface area contributed by atoms with Gasteiger partial charge in [-0.2, -0.15) is 0 Å². The minimum atomic E-state index is -1.05. The number of halogens is 1. The van der Waals surface area contributed by atoms with Gasteiger partial charge in [0, 0.05) is 13.5 Å². The maximum Gasteiger partial charge on any atom is 0.262 e. The van der Waals surface area contributed by atoms with Crippen LogP contribution in [0.1, 0.15) is 47.4 Å². The maximum absolute atomic E-state index is 13.8. The zero-order valence-corrected chi connectivity index (χ0v) is 13.6. The van der Waals surface area contributed by atoms with E-state index in [0.717, 1.165) is 11.0 Å². The second-order valence-electron chi connectivity index (χ2n) is 5.07. The van der Waals surface area contributed by atoms with Gasteiger partial charge < -0.3 is 5.32 Å². The topological polar surface area (TPSA) is 95.6 Å². The minimum Gasteiger partial charge on any atom is -0.386 e. The Morgan fingerprint density at radius 1 is 1.12 bits per heavy atom. The Labute approximate surface area is 138 Å². The zero-order chi connectivity index (χ0) is 18.0. The number of benzene rings is 1. The van der Waals surface area contributed by atoms with E-state index in [-0.39, 0.29) is 29.7 Å². The molecule has 2 heterocycles. The van der Waals surface area contributed by atoms with Crippen molar-refractivity contribution in [3.8, 4) is 0 Å². The Balaban J connectivity index is 0.00000100.